The van der Waals surface area contributed by atoms with E-state index in [2.05, 4.69) is 4.98 Å². The number of hydrogen-bond acceptors (Lipinski definition) is 4. The summed E-state index contributed by atoms with van der Waals surface area (Å²) in [6.45, 7) is 0. The Morgan fingerprint density at radius 3 is 2.55 bits per heavy atom. The summed E-state index contributed by atoms with van der Waals surface area (Å²) in [6.07, 6.45) is 0. The summed E-state index contributed by atoms with van der Waals surface area (Å²) in [7, 11) is 0. The van der Waals surface area contributed by atoms with Crippen molar-refractivity contribution in [1.82, 2.24) is 4.98 Å². The van der Waals surface area contributed by atoms with E-state index in [0.717, 1.165) is 16.3 Å². The van der Waals surface area contributed by atoms with Crippen molar-refractivity contribution in [3.8, 4) is 5.75 Å². The molecule has 1 heterocycles. The number of para-hydroxylation sites is 1. The first kappa shape index (κ1) is 19.6. The average Bonchev–Trinajstić information content (AvgIpc) is 3.13. The van der Waals surface area contributed by atoms with Crippen molar-refractivity contribution in [1.29, 1.82) is 0 Å². The number of halogens is 3. The van der Waals surface area contributed by atoms with Gasteiger partial charge < -0.3 is 4.74 Å². The molecule has 0 fully saturated rings. The molecule has 29 heavy (non-hydrogen) atoms. The van der Waals surface area contributed by atoms with E-state index in [1.54, 1.807) is 24.3 Å². The molecule has 0 spiro atoms. The first-order valence-electron chi connectivity index (χ1n) is 8.51. The minimum atomic E-state index is -0.513. The monoisotopic (exact) mass is 446 g/mol. The number of carbonyl (C=O) groups excluding carboxylic acids is 1. The molecule has 146 valence electrons. The molecule has 0 atom stereocenters. The summed E-state index contributed by atoms with van der Waals surface area (Å²) in [5.74, 6) is -0.360. The quantitative estimate of drug-likeness (QED) is 0.322. The van der Waals surface area contributed by atoms with Gasteiger partial charge in [0.15, 0.2) is 11.2 Å². The van der Waals surface area contributed by atoms with E-state index in [4.69, 9.17) is 27.9 Å². The van der Waals surface area contributed by atoms with Crippen LogP contribution in [-0.4, -0.2) is 17.0 Å². The maximum atomic E-state index is 13.5. The lowest BCUT2D eigenvalue weighted by Gasteiger charge is -2.21. The minimum absolute atomic E-state index is 0.0189. The zero-order chi connectivity index (χ0) is 20.4. The van der Waals surface area contributed by atoms with Gasteiger partial charge in [-0.2, -0.15) is 0 Å². The molecular weight excluding hydrogens is 434 g/mol. The highest BCUT2D eigenvalue weighted by Gasteiger charge is 2.25. The van der Waals surface area contributed by atoms with Crippen LogP contribution in [0.1, 0.15) is 10.4 Å². The molecule has 0 aliphatic rings. The van der Waals surface area contributed by atoms with E-state index >= 15 is 0 Å². The number of amides is 1. The maximum Gasteiger partial charge on any atom is 0.266 e. The summed E-state index contributed by atoms with van der Waals surface area (Å²) >= 11 is 13.1. The molecule has 1 aromatic heterocycles. The second-order valence-electron chi connectivity index (χ2n) is 5.98. The Morgan fingerprint density at radius 1 is 1.10 bits per heavy atom. The topological polar surface area (TPSA) is 42.4 Å². The highest BCUT2D eigenvalue weighted by Crippen LogP contribution is 2.36. The third kappa shape index (κ3) is 4.05. The normalized spacial score (nSPS) is 10.9. The van der Waals surface area contributed by atoms with Crippen LogP contribution < -0.4 is 9.64 Å². The Balaban J connectivity index is 1.82. The molecule has 0 saturated carbocycles. The first-order chi connectivity index (χ1) is 14.1. The Bertz CT molecular complexity index is 1150. The van der Waals surface area contributed by atoms with Gasteiger partial charge in [0.2, 0.25) is 0 Å². The molecule has 0 saturated heterocycles. The maximum absolute atomic E-state index is 13.5. The van der Waals surface area contributed by atoms with Crippen LogP contribution in [0.3, 0.4) is 0 Å². The number of anilines is 2. The van der Waals surface area contributed by atoms with Gasteiger partial charge >= 0.3 is 0 Å². The van der Waals surface area contributed by atoms with Crippen LogP contribution in [0.15, 0.2) is 66.7 Å². The summed E-state index contributed by atoms with van der Waals surface area (Å²) in [4.78, 5) is 19.4. The van der Waals surface area contributed by atoms with Gasteiger partial charge in [-0.25, -0.2) is 9.37 Å². The number of thiazole rings is 1. The average molecular weight is 447 g/mol. The predicted molar refractivity (Wildman–Crippen MR) is 115 cm³/mol. The van der Waals surface area contributed by atoms with Crippen molar-refractivity contribution in [2.45, 2.75) is 0 Å². The van der Waals surface area contributed by atoms with Gasteiger partial charge in [0, 0.05) is 0 Å². The second kappa shape index (κ2) is 8.37. The largest absolute Gasteiger partial charge is 0.478 e. The molecule has 4 nitrogen and oxygen atoms in total. The number of hydrogen-bond donors (Lipinski definition) is 0. The second-order valence-corrected chi connectivity index (χ2v) is 7.61. The fraction of sp³-hybridized carbons (Fsp3) is 0.0476. The number of nitrogens with zero attached hydrogens (tertiary/aromatic N) is 2. The van der Waals surface area contributed by atoms with E-state index in [9.17, 15) is 9.18 Å². The fourth-order valence-corrected chi connectivity index (χ4v) is 4.17. The molecule has 0 aliphatic carbocycles. The molecule has 4 aromatic rings. The van der Waals surface area contributed by atoms with Crippen molar-refractivity contribution in [2.24, 2.45) is 0 Å². The lowest BCUT2D eigenvalue weighted by molar-refractivity contribution is 0.0999. The van der Waals surface area contributed by atoms with Crippen LogP contribution in [-0.2, 0) is 0 Å². The Kier molecular flexibility index (Phi) is 5.67. The number of ether oxygens (including phenoxy) is 1. The number of alkyl halides is 1. The van der Waals surface area contributed by atoms with Crippen LogP contribution in [0.4, 0.5) is 15.2 Å². The van der Waals surface area contributed by atoms with Gasteiger partial charge in [-0.15, -0.1) is 0 Å². The first-order valence-corrected chi connectivity index (χ1v) is 10.2. The number of aromatic nitrogens is 1. The van der Waals surface area contributed by atoms with Crippen molar-refractivity contribution < 1.29 is 13.9 Å². The van der Waals surface area contributed by atoms with E-state index < -0.39 is 11.7 Å². The fourth-order valence-electron chi connectivity index (χ4n) is 2.81. The van der Waals surface area contributed by atoms with Gasteiger partial charge in [0.1, 0.15) is 11.6 Å². The number of fused-ring (bicyclic) bond motifs is 1. The molecule has 0 aliphatic heterocycles. The number of rotatable bonds is 5. The van der Waals surface area contributed by atoms with Gasteiger partial charge in [-0.3, -0.25) is 9.69 Å². The summed E-state index contributed by atoms with van der Waals surface area (Å²) < 4.78 is 19.7. The molecule has 0 N–H and O–H groups in total. The van der Waals surface area contributed by atoms with Crippen LogP contribution in [0.25, 0.3) is 10.2 Å². The number of benzene rings is 3. The van der Waals surface area contributed by atoms with E-state index in [1.807, 2.05) is 24.3 Å². The smallest absolute Gasteiger partial charge is 0.266 e. The molecule has 8 heteroatoms. The van der Waals surface area contributed by atoms with Gasteiger partial charge in [-0.05, 0) is 54.6 Å². The van der Waals surface area contributed by atoms with Crippen molar-refractivity contribution in [2.75, 3.05) is 11.0 Å². The highest BCUT2D eigenvalue weighted by atomic mass is 35.5. The van der Waals surface area contributed by atoms with Crippen LogP contribution >= 0.6 is 34.5 Å². The van der Waals surface area contributed by atoms with E-state index in [1.165, 1.54) is 28.4 Å². The minimum Gasteiger partial charge on any atom is -0.478 e. The molecule has 4 rings (SSSR count). The Labute approximate surface area is 180 Å². The van der Waals surface area contributed by atoms with Crippen molar-refractivity contribution >= 4 is 61.5 Å². The Morgan fingerprint density at radius 2 is 1.86 bits per heavy atom. The van der Waals surface area contributed by atoms with Gasteiger partial charge in [-0.1, -0.05) is 46.7 Å². The summed E-state index contributed by atoms with van der Waals surface area (Å²) in [5.41, 5.74) is 1.52. The molecule has 3 aromatic carbocycles. The van der Waals surface area contributed by atoms with Crippen LogP contribution in [0, 0.1) is 5.82 Å². The van der Waals surface area contributed by atoms with Gasteiger partial charge in [0.25, 0.3) is 5.91 Å². The zero-order valence-corrected chi connectivity index (χ0v) is 17.1. The Hall–Kier alpha value is -2.67. The molecule has 1 amide bonds. The van der Waals surface area contributed by atoms with Crippen LogP contribution in [0.2, 0.25) is 5.02 Å². The highest BCUT2D eigenvalue weighted by molar-refractivity contribution is 7.22. The third-order valence-corrected chi connectivity index (χ3v) is 5.60. The lowest BCUT2D eigenvalue weighted by Crippen LogP contribution is -2.26. The third-order valence-electron chi connectivity index (χ3n) is 4.15. The predicted octanol–water partition coefficient (Wildman–Crippen LogP) is 6.64. The van der Waals surface area contributed by atoms with Crippen molar-refractivity contribution in [3.63, 3.8) is 0 Å². The summed E-state index contributed by atoms with van der Waals surface area (Å²) in [6, 6.07) is 18.2. The number of carbonyl (C=O) groups is 1. The lowest BCUT2D eigenvalue weighted by atomic mass is 10.1. The SMILES string of the molecule is O=C(c1ccc(F)cc1Cl)N(c1ccc(OCCl)cc1)c1nc2ccccc2s1. The molecule has 0 unspecified atom stereocenters. The van der Waals surface area contributed by atoms with E-state index in [-0.39, 0.29) is 16.7 Å². The van der Waals surface area contributed by atoms with Gasteiger partial charge in [0.05, 0.1) is 26.5 Å². The van der Waals surface area contributed by atoms with Crippen LogP contribution in [0.5, 0.6) is 5.75 Å². The zero-order valence-electron chi connectivity index (χ0n) is 14.8. The molecular formula is C21H13Cl2FN2O2S. The standard InChI is InChI=1S/C21H13Cl2FN2O2S/c22-12-28-15-8-6-14(7-9-15)26(20(27)16-10-5-13(24)11-17(16)23)21-25-18-3-1-2-4-19(18)29-21/h1-11H,12H2. The van der Waals surface area contributed by atoms with E-state index in [0.29, 0.717) is 16.6 Å². The summed E-state index contributed by atoms with van der Waals surface area (Å²) in [5, 5.41) is 0.505. The molecule has 0 radical (unpaired) electrons. The molecule has 0 bridgehead atoms. The van der Waals surface area contributed by atoms with Crippen molar-refractivity contribution in [3.05, 3.63) is 83.1 Å².